The van der Waals surface area contributed by atoms with E-state index in [1.165, 1.54) is 0 Å². The molecule has 0 bridgehead atoms. The van der Waals surface area contributed by atoms with Gasteiger partial charge in [0.25, 0.3) is 0 Å². The largest absolute Gasteiger partial charge is 0.325 e. The molecule has 2 rings (SSSR count). The fourth-order valence-corrected chi connectivity index (χ4v) is 3.40. The summed E-state index contributed by atoms with van der Waals surface area (Å²) in [6.45, 7) is 3.92. The van der Waals surface area contributed by atoms with Crippen molar-refractivity contribution in [3.05, 3.63) is 46.8 Å². The molecule has 0 saturated heterocycles. The summed E-state index contributed by atoms with van der Waals surface area (Å²) < 4.78 is 27.3. The Labute approximate surface area is 118 Å². The maximum Gasteiger partial charge on any atom is 0.244 e. The molecule has 1 aromatic carbocycles. The molecule has 0 atom stereocenters. The number of nitrogens with one attached hydrogen (secondary N) is 2. The van der Waals surface area contributed by atoms with Crippen LogP contribution >= 0.6 is 0 Å². The summed E-state index contributed by atoms with van der Waals surface area (Å²) in [4.78, 5) is 0.147. The molecule has 2 aromatic rings. The van der Waals surface area contributed by atoms with E-state index in [-0.39, 0.29) is 18.0 Å². The highest BCUT2D eigenvalue weighted by molar-refractivity contribution is 7.89. The van der Waals surface area contributed by atoms with Crippen molar-refractivity contribution in [2.24, 2.45) is 5.73 Å². The van der Waals surface area contributed by atoms with Crippen molar-refractivity contribution in [3.8, 4) is 0 Å². The van der Waals surface area contributed by atoms with Crippen molar-refractivity contribution in [2.45, 2.75) is 31.8 Å². The SMILES string of the molecule is Cc1ccccc1CNS(=O)(=O)c1c(CN)n[nH]c1C. The molecule has 1 aromatic heterocycles. The number of aromatic nitrogens is 2. The first-order valence-corrected chi connectivity index (χ1v) is 7.72. The fraction of sp³-hybridized carbons (Fsp3) is 0.308. The van der Waals surface area contributed by atoms with Gasteiger partial charge < -0.3 is 5.73 Å². The van der Waals surface area contributed by atoms with Crippen LogP contribution in [0.1, 0.15) is 22.5 Å². The van der Waals surface area contributed by atoms with Crippen LogP contribution in [0.5, 0.6) is 0 Å². The molecule has 0 radical (unpaired) electrons. The second-order valence-corrected chi connectivity index (χ2v) is 6.28. The average molecular weight is 294 g/mol. The van der Waals surface area contributed by atoms with Gasteiger partial charge >= 0.3 is 0 Å². The highest BCUT2D eigenvalue weighted by Crippen LogP contribution is 2.17. The van der Waals surface area contributed by atoms with Crippen LogP contribution in [-0.4, -0.2) is 18.6 Å². The van der Waals surface area contributed by atoms with Gasteiger partial charge in [-0.2, -0.15) is 5.10 Å². The Morgan fingerprint density at radius 2 is 2.00 bits per heavy atom. The van der Waals surface area contributed by atoms with Crippen molar-refractivity contribution in [1.82, 2.24) is 14.9 Å². The molecule has 0 fully saturated rings. The Kier molecular flexibility index (Phi) is 4.22. The molecule has 0 aliphatic heterocycles. The van der Waals surface area contributed by atoms with E-state index >= 15 is 0 Å². The van der Waals surface area contributed by atoms with Crippen LogP contribution in [0.2, 0.25) is 0 Å². The van der Waals surface area contributed by atoms with Crippen molar-refractivity contribution >= 4 is 10.0 Å². The first-order chi connectivity index (χ1) is 9.45. The number of H-pyrrole nitrogens is 1. The summed E-state index contributed by atoms with van der Waals surface area (Å²) in [7, 11) is -3.63. The summed E-state index contributed by atoms with van der Waals surface area (Å²) >= 11 is 0. The van der Waals surface area contributed by atoms with Gasteiger partial charge in [-0.1, -0.05) is 24.3 Å². The molecule has 108 valence electrons. The number of aromatic amines is 1. The summed E-state index contributed by atoms with van der Waals surface area (Å²) in [6.07, 6.45) is 0. The molecule has 0 amide bonds. The van der Waals surface area contributed by atoms with Crippen LogP contribution < -0.4 is 10.5 Å². The number of nitrogens with two attached hydrogens (primary N) is 1. The van der Waals surface area contributed by atoms with Crippen LogP contribution in [0.3, 0.4) is 0 Å². The van der Waals surface area contributed by atoms with Gasteiger partial charge in [0.15, 0.2) is 0 Å². The predicted octanol–water partition coefficient (Wildman–Crippen LogP) is 0.964. The summed E-state index contributed by atoms with van der Waals surface area (Å²) in [5.74, 6) is 0. The Morgan fingerprint density at radius 1 is 1.30 bits per heavy atom. The minimum absolute atomic E-state index is 0.0744. The third-order valence-corrected chi connectivity index (χ3v) is 4.74. The van der Waals surface area contributed by atoms with Gasteiger partial charge in [-0.3, -0.25) is 5.10 Å². The molecule has 1 heterocycles. The Hall–Kier alpha value is -1.70. The van der Waals surface area contributed by atoms with E-state index < -0.39 is 10.0 Å². The number of sulfonamides is 1. The second-order valence-electron chi connectivity index (χ2n) is 4.58. The molecule has 0 aliphatic carbocycles. The quantitative estimate of drug-likeness (QED) is 0.764. The standard InChI is InChI=1S/C13H18N4O2S/c1-9-5-3-4-6-11(9)8-15-20(18,19)13-10(2)16-17-12(13)7-14/h3-6,15H,7-8,14H2,1-2H3,(H,16,17). The Morgan fingerprint density at radius 3 is 2.65 bits per heavy atom. The van der Waals surface area contributed by atoms with Crippen molar-refractivity contribution in [1.29, 1.82) is 0 Å². The van der Waals surface area contributed by atoms with E-state index in [2.05, 4.69) is 14.9 Å². The van der Waals surface area contributed by atoms with Crippen molar-refractivity contribution in [2.75, 3.05) is 0 Å². The molecule has 0 saturated carbocycles. The van der Waals surface area contributed by atoms with E-state index in [4.69, 9.17) is 5.73 Å². The van der Waals surface area contributed by atoms with E-state index in [0.717, 1.165) is 11.1 Å². The molecular formula is C13H18N4O2S. The van der Waals surface area contributed by atoms with E-state index in [9.17, 15) is 8.42 Å². The van der Waals surface area contributed by atoms with Gasteiger partial charge in [-0.25, -0.2) is 13.1 Å². The lowest BCUT2D eigenvalue weighted by molar-refractivity contribution is 0.579. The zero-order valence-corrected chi connectivity index (χ0v) is 12.3. The number of rotatable bonds is 5. The summed E-state index contributed by atoms with van der Waals surface area (Å²) in [6, 6.07) is 7.63. The zero-order chi connectivity index (χ0) is 14.8. The smallest absolute Gasteiger partial charge is 0.244 e. The van der Waals surface area contributed by atoms with Crippen LogP contribution in [0.15, 0.2) is 29.2 Å². The van der Waals surface area contributed by atoms with Crippen LogP contribution in [0.4, 0.5) is 0 Å². The average Bonchev–Trinajstić information content (AvgIpc) is 2.80. The third kappa shape index (κ3) is 2.90. The lowest BCUT2D eigenvalue weighted by Crippen LogP contribution is -2.25. The van der Waals surface area contributed by atoms with Crippen molar-refractivity contribution < 1.29 is 8.42 Å². The Balaban J connectivity index is 2.24. The fourth-order valence-electron chi connectivity index (χ4n) is 2.02. The normalized spacial score (nSPS) is 11.8. The molecule has 6 nitrogen and oxygen atoms in total. The van der Waals surface area contributed by atoms with Crippen LogP contribution in [-0.2, 0) is 23.1 Å². The van der Waals surface area contributed by atoms with Gasteiger partial charge in [0.05, 0.1) is 11.4 Å². The zero-order valence-electron chi connectivity index (χ0n) is 11.5. The number of hydrogen-bond acceptors (Lipinski definition) is 4. The van der Waals surface area contributed by atoms with Gasteiger partial charge in [-0.05, 0) is 25.0 Å². The monoisotopic (exact) mass is 294 g/mol. The second kappa shape index (κ2) is 5.74. The first-order valence-electron chi connectivity index (χ1n) is 6.24. The maximum atomic E-state index is 12.4. The molecule has 7 heteroatoms. The van der Waals surface area contributed by atoms with Gasteiger partial charge in [-0.15, -0.1) is 0 Å². The van der Waals surface area contributed by atoms with E-state index in [1.54, 1.807) is 6.92 Å². The summed E-state index contributed by atoms with van der Waals surface area (Å²) in [5, 5.41) is 6.56. The van der Waals surface area contributed by atoms with Gasteiger partial charge in [0.1, 0.15) is 4.90 Å². The predicted molar refractivity (Wildman–Crippen MR) is 76.4 cm³/mol. The molecule has 0 aliphatic rings. The molecule has 0 unspecified atom stereocenters. The molecular weight excluding hydrogens is 276 g/mol. The van der Waals surface area contributed by atoms with E-state index in [0.29, 0.717) is 11.4 Å². The highest BCUT2D eigenvalue weighted by atomic mass is 32.2. The van der Waals surface area contributed by atoms with Crippen LogP contribution in [0.25, 0.3) is 0 Å². The molecule has 0 spiro atoms. The lowest BCUT2D eigenvalue weighted by atomic mass is 10.1. The minimum Gasteiger partial charge on any atom is -0.325 e. The summed E-state index contributed by atoms with van der Waals surface area (Å²) in [5.41, 5.74) is 8.33. The number of nitrogens with zero attached hydrogens (tertiary/aromatic N) is 1. The Bertz CT molecular complexity index is 707. The minimum atomic E-state index is -3.63. The van der Waals surface area contributed by atoms with Gasteiger partial charge in [0.2, 0.25) is 10.0 Å². The van der Waals surface area contributed by atoms with E-state index in [1.807, 2.05) is 31.2 Å². The number of benzene rings is 1. The maximum absolute atomic E-state index is 12.4. The van der Waals surface area contributed by atoms with Gasteiger partial charge in [0, 0.05) is 13.1 Å². The topological polar surface area (TPSA) is 101 Å². The first kappa shape index (κ1) is 14.7. The number of aryl methyl sites for hydroxylation is 2. The third-order valence-electron chi connectivity index (χ3n) is 3.14. The van der Waals surface area contributed by atoms with Crippen LogP contribution in [0, 0.1) is 13.8 Å². The molecule has 4 N–H and O–H groups in total. The highest BCUT2D eigenvalue weighted by Gasteiger charge is 2.23. The molecule has 20 heavy (non-hydrogen) atoms. The lowest BCUT2D eigenvalue weighted by Gasteiger charge is -2.09. The van der Waals surface area contributed by atoms with Crippen molar-refractivity contribution in [3.63, 3.8) is 0 Å². The number of hydrogen-bond donors (Lipinski definition) is 3.